The van der Waals surface area contributed by atoms with Crippen LogP contribution in [0.1, 0.15) is 27.2 Å². The number of anilines is 3. The number of nitriles is 1. The molecule has 26 heavy (non-hydrogen) atoms. The van der Waals surface area contributed by atoms with Crippen molar-refractivity contribution in [1.82, 2.24) is 9.97 Å². The Balaban J connectivity index is 1.80. The first-order chi connectivity index (χ1) is 12.5. The van der Waals surface area contributed by atoms with Gasteiger partial charge in [0, 0.05) is 11.9 Å². The third-order valence-corrected chi connectivity index (χ3v) is 3.66. The average molecular weight is 343 g/mol. The van der Waals surface area contributed by atoms with E-state index < -0.39 is 0 Å². The standard InChI is InChI=1S/C20H17N5O/c1-13-9-14(2)11-16(10-13)23-19(26)18-7-8-22-20(25-18)24-17-6-4-3-5-15(17)12-21/h3-11H,1-2H3,(H,23,26)(H,22,24,25). The van der Waals surface area contributed by atoms with E-state index >= 15 is 0 Å². The zero-order chi connectivity index (χ0) is 18.5. The fourth-order valence-electron chi connectivity index (χ4n) is 2.60. The van der Waals surface area contributed by atoms with Crippen LogP contribution in [0.15, 0.2) is 54.7 Å². The van der Waals surface area contributed by atoms with Crippen LogP contribution in [0.2, 0.25) is 0 Å². The van der Waals surface area contributed by atoms with E-state index in [4.69, 9.17) is 5.26 Å². The van der Waals surface area contributed by atoms with Crippen molar-refractivity contribution in [3.05, 3.63) is 77.1 Å². The fourth-order valence-corrected chi connectivity index (χ4v) is 2.60. The van der Waals surface area contributed by atoms with Gasteiger partial charge in [0.25, 0.3) is 5.91 Å². The lowest BCUT2D eigenvalue weighted by Gasteiger charge is -2.09. The predicted octanol–water partition coefficient (Wildman–Crippen LogP) is 3.96. The lowest BCUT2D eigenvalue weighted by Crippen LogP contribution is -2.15. The van der Waals surface area contributed by atoms with Gasteiger partial charge in [0.05, 0.1) is 11.3 Å². The predicted molar refractivity (Wildman–Crippen MR) is 100 cm³/mol. The summed E-state index contributed by atoms with van der Waals surface area (Å²) in [7, 11) is 0. The number of carbonyl (C=O) groups excluding carboxylic acids is 1. The number of rotatable bonds is 4. The largest absolute Gasteiger partial charge is 0.323 e. The summed E-state index contributed by atoms with van der Waals surface area (Å²) in [5, 5.41) is 15.0. The molecule has 2 aromatic carbocycles. The van der Waals surface area contributed by atoms with Crippen LogP contribution < -0.4 is 10.6 Å². The van der Waals surface area contributed by atoms with Crippen LogP contribution in [0.25, 0.3) is 0 Å². The smallest absolute Gasteiger partial charge is 0.274 e. The molecule has 0 aliphatic carbocycles. The van der Waals surface area contributed by atoms with Crippen molar-refractivity contribution in [3.63, 3.8) is 0 Å². The summed E-state index contributed by atoms with van der Waals surface area (Å²) in [5.41, 5.74) is 4.14. The summed E-state index contributed by atoms with van der Waals surface area (Å²) >= 11 is 0. The van der Waals surface area contributed by atoms with Crippen molar-refractivity contribution in [2.75, 3.05) is 10.6 Å². The molecule has 0 radical (unpaired) electrons. The van der Waals surface area contributed by atoms with Crippen molar-refractivity contribution in [2.45, 2.75) is 13.8 Å². The lowest BCUT2D eigenvalue weighted by atomic mass is 10.1. The highest BCUT2D eigenvalue weighted by Crippen LogP contribution is 2.18. The number of para-hydroxylation sites is 1. The van der Waals surface area contributed by atoms with Gasteiger partial charge in [-0.2, -0.15) is 5.26 Å². The molecular formula is C20H17N5O. The van der Waals surface area contributed by atoms with Gasteiger partial charge < -0.3 is 10.6 Å². The number of nitrogens with one attached hydrogen (secondary N) is 2. The highest BCUT2D eigenvalue weighted by molar-refractivity contribution is 6.03. The van der Waals surface area contributed by atoms with Gasteiger partial charge in [0.1, 0.15) is 11.8 Å². The quantitative estimate of drug-likeness (QED) is 0.748. The van der Waals surface area contributed by atoms with E-state index in [0.717, 1.165) is 16.8 Å². The first-order valence-electron chi connectivity index (χ1n) is 8.04. The van der Waals surface area contributed by atoms with Gasteiger partial charge in [-0.05, 0) is 55.3 Å². The average Bonchev–Trinajstić information content (AvgIpc) is 2.61. The molecule has 0 aliphatic rings. The maximum atomic E-state index is 12.5. The number of carbonyl (C=O) groups is 1. The highest BCUT2D eigenvalue weighted by atomic mass is 16.1. The first-order valence-corrected chi connectivity index (χ1v) is 8.04. The maximum absolute atomic E-state index is 12.5. The minimum Gasteiger partial charge on any atom is -0.323 e. The fraction of sp³-hybridized carbons (Fsp3) is 0.100. The van der Waals surface area contributed by atoms with E-state index in [1.165, 1.54) is 6.20 Å². The van der Waals surface area contributed by atoms with Crippen LogP contribution in [0.4, 0.5) is 17.3 Å². The molecule has 1 aromatic heterocycles. The second-order valence-electron chi connectivity index (χ2n) is 5.88. The molecular weight excluding hydrogens is 326 g/mol. The Bertz CT molecular complexity index is 987. The number of nitrogens with zero attached hydrogens (tertiary/aromatic N) is 3. The number of amides is 1. The SMILES string of the molecule is Cc1cc(C)cc(NC(=O)c2ccnc(Nc3ccccc3C#N)n2)c1. The minimum atomic E-state index is -0.325. The maximum Gasteiger partial charge on any atom is 0.274 e. The van der Waals surface area contributed by atoms with Crippen LogP contribution in [0, 0.1) is 25.2 Å². The molecule has 1 amide bonds. The normalized spacial score (nSPS) is 10.0. The van der Waals surface area contributed by atoms with Crippen molar-refractivity contribution >= 4 is 23.2 Å². The topological polar surface area (TPSA) is 90.7 Å². The summed E-state index contributed by atoms with van der Waals surface area (Å²) in [5.74, 6) is -0.0743. The molecule has 3 aromatic rings. The molecule has 0 bridgehead atoms. The molecule has 0 spiro atoms. The molecule has 0 saturated carbocycles. The van der Waals surface area contributed by atoms with Crippen molar-refractivity contribution < 1.29 is 4.79 Å². The van der Waals surface area contributed by atoms with Crippen LogP contribution >= 0.6 is 0 Å². The second kappa shape index (κ2) is 7.45. The molecule has 0 fully saturated rings. The van der Waals surface area contributed by atoms with E-state index in [1.54, 1.807) is 30.3 Å². The molecule has 2 N–H and O–H groups in total. The van der Waals surface area contributed by atoms with Crippen molar-refractivity contribution in [1.29, 1.82) is 5.26 Å². The first kappa shape index (κ1) is 17.1. The molecule has 0 atom stereocenters. The number of benzene rings is 2. The molecule has 0 aliphatic heterocycles. The van der Waals surface area contributed by atoms with Gasteiger partial charge >= 0.3 is 0 Å². The van der Waals surface area contributed by atoms with Crippen LogP contribution in [0.3, 0.4) is 0 Å². The second-order valence-corrected chi connectivity index (χ2v) is 5.88. The van der Waals surface area contributed by atoms with E-state index in [2.05, 4.69) is 26.7 Å². The van der Waals surface area contributed by atoms with E-state index in [1.807, 2.05) is 32.0 Å². The monoisotopic (exact) mass is 343 g/mol. The minimum absolute atomic E-state index is 0.232. The molecule has 1 heterocycles. The van der Waals surface area contributed by atoms with Gasteiger partial charge in [-0.25, -0.2) is 9.97 Å². The summed E-state index contributed by atoms with van der Waals surface area (Å²) in [6.07, 6.45) is 1.50. The van der Waals surface area contributed by atoms with Crippen LogP contribution in [-0.4, -0.2) is 15.9 Å². The zero-order valence-corrected chi connectivity index (χ0v) is 14.4. The lowest BCUT2D eigenvalue weighted by molar-refractivity contribution is 0.102. The number of aryl methyl sites for hydroxylation is 2. The highest BCUT2D eigenvalue weighted by Gasteiger charge is 2.11. The van der Waals surface area contributed by atoms with Gasteiger partial charge in [-0.3, -0.25) is 4.79 Å². The number of aromatic nitrogens is 2. The molecule has 0 unspecified atom stereocenters. The van der Waals surface area contributed by atoms with E-state index in [0.29, 0.717) is 11.3 Å². The number of hydrogen-bond donors (Lipinski definition) is 2. The Labute approximate surface area is 151 Å². The third-order valence-electron chi connectivity index (χ3n) is 3.66. The van der Waals surface area contributed by atoms with Crippen molar-refractivity contribution in [2.24, 2.45) is 0 Å². The Morgan fingerprint density at radius 2 is 1.81 bits per heavy atom. The van der Waals surface area contributed by atoms with Gasteiger partial charge in [-0.15, -0.1) is 0 Å². The van der Waals surface area contributed by atoms with Gasteiger partial charge in [-0.1, -0.05) is 18.2 Å². The van der Waals surface area contributed by atoms with Gasteiger partial charge in [0.2, 0.25) is 5.95 Å². The van der Waals surface area contributed by atoms with Crippen LogP contribution in [-0.2, 0) is 0 Å². The van der Waals surface area contributed by atoms with E-state index in [9.17, 15) is 4.79 Å². The molecule has 6 heteroatoms. The van der Waals surface area contributed by atoms with E-state index in [-0.39, 0.29) is 17.5 Å². The number of hydrogen-bond acceptors (Lipinski definition) is 5. The Kier molecular flexibility index (Phi) is 4.90. The summed E-state index contributed by atoms with van der Waals surface area (Å²) in [4.78, 5) is 20.8. The molecule has 0 saturated heterocycles. The Morgan fingerprint density at radius 3 is 2.54 bits per heavy atom. The summed E-state index contributed by atoms with van der Waals surface area (Å²) in [6, 6.07) is 16.5. The molecule has 3 rings (SSSR count). The summed E-state index contributed by atoms with van der Waals surface area (Å²) in [6.45, 7) is 3.95. The van der Waals surface area contributed by atoms with Crippen LogP contribution in [0.5, 0.6) is 0 Å². The Hall–Kier alpha value is -3.72. The zero-order valence-electron chi connectivity index (χ0n) is 14.4. The van der Waals surface area contributed by atoms with Crippen molar-refractivity contribution in [3.8, 4) is 6.07 Å². The Morgan fingerprint density at radius 1 is 1.08 bits per heavy atom. The van der Waals surface area contributed by atoms with Gasteiger partial charge in [0.15, 0.2) is 0 Å². The molecule has 6 nitrogen and oxygen atoms in total. The third kappa shape index (κ3) is 4.02. The summed E-state index contributed by atoms with van der Waals surface area (Å²) < 4.78 is 0. The molecule has 128 valence electrons.